The third-order valence-corrected chi connectivity index (χ3v) is 1.54. The van der Waals surface area contributed by atoms with Crippen LogP contribution in [-0.4, -0.2) is 27.2 Å². The van der Waals surface area contributed by atoms with Gasteiger partial charge in [-0.1, -0.05) is 6.42 Å². The Morgan fingerprint density at radius 3 is 2.45 bits per heavy atom. The van der Waals surface area contributed by atoms with Gasteiger partial charge in [0, 0.05) is 27.2 Å². The summed E-state index contributed by atoms with van der Waals surface area (Å²) in [6.07, 6.45) is 2.31. The van der Waals surface area contributed by atoms with Crippen molar-refractivity contribution in [2.24, 2.45) is 0 Å². The zero-order valence-corrected chi connectivity index (χ0v) is 7.31. The van der Waals surface area contributed by atoms with Crippen molar-refractivity contribution in [1.82, 2.24) is 0 Å². The Balaban J connectivity index is 2.89. The van der Waals surface area contributed by atoms with E-state index in [0.29, 0.717) is 6.42 Å². The molecule has 0 radical (unpaired) electrons. The lowest BCUT2D eigenvalue weighted by molar-refractivity contribution is -0.0124. The van der Waals surface area contributed by atoms with Gasteiger partial charge in [-0.3, -0.25) is 0 Å². The van der Waals surface area contributed by atoms with Gasteiger partial charge in [0.25, 0.3) is 0 Å². The Morgan fingerprint density at radius 1 is 1.18 bits per heavy atom. The van der Waals surface area contributed by atoms with Crippen LogP contribution in [0.2, 0.25) is 0 Å². The molecule has 0 fully saturated rings. The maximum Gasteiger partial charge on any atom is 0.198 e. The van der Waals surface area contributed by atoms with Crippen LogP contribution in [0.15, 0.2) is 0 Å². The molecule has 0 aliphatic heterocycles. The summed E-state index contributed by atoms with van der Waals surface area (Å²) in [5.74, 6) is 0. The van der Waals surface area contributed by atoms with Gasteiger partial charge >= 0.3 is 0 Å². The van der Waals surface area contributed by atoms with Crippen LogP contribution in [0.25, 0.3) is 0 Å². The number of hydrogen-bond acceptors (Lipinski definition) is 2. The summed E-state index contributed by atoms with van der Waals surface area (Å²) in [6, 6.07) is 0. The first kappa shape index (κ1) is 10.8. The van der Waals surface area contributed by atoms with Gasteiger partial charge in [0.2, 0.25) is 0 Å². The number of methoxy groups -OCH3 is 2. The molecule has 0 spiro atoms. The monoisotopic (exact) mass is 164 g/mol. The van der Waals surface area contributed by atoms with E-state index >= 15 is 0 Å². The molecular formula is C8H17FO2. The first-order valence-corrected chi connectivity index (χ1v) is 3.97. The van der Waals surface area contributed by atoms with Crippen molar-refractivity contribution >= 4 is 0 Å². The molecule has 0 aromatic carbocycles. The van der Waals surface area contributed by atoms with E-state index in [9.17, 15) is 4.39 Å². The number of rotatable bonds is 7. The van der Waals surface area contributed by atoms with Gasteiger partial charge in [-0.2, -0.15) is 0 Å². The molecule has 0 bridgehead atoms. The average Bonchev–Trinajstić information content (AvgIpc) is 2.04. The molecule has 1 atom stereocenters. The molecule has 0 aliphatic rings. The minimum absolute atomic E-state index is 0.500. The molecule has 0 amide bonds. The summed E-state index contributed by atoms with van der Waals surface area (Å²) in [5.41, 5.74) is 0. The van der Waals surface area contributed by atoms with Gasteiger partial charge in [0.1, 0.15) is 0 Å². The fraction of sp³-hybridized carbons (Fsp3) is 1.00. The minimum Gasteiger partial charge on any atom is -0.385 e. The SMILES string of the molecule is COCCCCCC(F)OC. The van der Waals surface area contributed by atoms with Gasteiger partial charge in [-0.25, -0.2) is 4.39 Å². The predicted molar refractivity (Wildman–Crippen MR) is 42.2 cm³/mol. The molecule has 0 saturated heterocycles. The number of halogens is 1. The minimum atomic E-state index is -1.09. The van der Waals surface area contributed by atoms with Crippen molar-refractivity contribution in [3.05, 3.63) is 0 Å². The summed E-state index contributed by atoms with van der Waals surface area (Å²) < 4.78 is 21.7. The normalized spacial score (nSPS) is 13.4. The highest BCUT2D eigenvalue weighted by Crippen LogP contribution is 2.06. The molecule has 68 valence electrons. The second-order valence-corrected chi connectivity index (χ2v) is 2.49. The molecule has 0 aromatic rings. The van der Waals surface area contributed by atoms with E-state index in [2.05, 4.69) is 4.74 Å². The molecule has 11 heavy (non-hydrogen) atoms. The molecular weight excluding hydrogens is 147 g/mol. The van der Waals surface area contributed by atoms with Crippen LogP contribution in [-0.2, 0) is 9.47 Å². The van der Waals surface area contributed by atoms with Gasteiger partial charge in [0.15, 0.2) is 6.36 Å². The van der Waals surface area contributed by atoms with E-state index in [0.717, 1.165) is 25.9 Å². The zero-order valence-electron chi connectivity index (χ0n) is 7.31. The van der Waals surface area contributed by atoms with Crippen LogP contribution in [0.4, 0.5) is 4.39 Å². The lowest BCUT2D eigenvalue weighted by Gasteiger charge is -2.04. The molecule has 0 saturated carbocycles. The summed E-state index contributed by atoms with van der Waals surface area (Å²) >= 11 is 0. The fourth-order valence-corrected chi connectivity index (χ4v) is 0.846. The first-order valence-electron chi connectivity index (χ1n) is 3.97. The van der Waals surface area contributed by atoms with Crippen molar-refractivity contribution in [3.8, 4) is 0 Å². The molecule has 0 aliphatic carbocycles. The lowest BCUT2D eigenvalue weighted by atomic mass is 10.2. The third kappa shape index (κ3) is 7.75. The molecule has 0 N–H and O–H groups in total. The van der Waals surface area contributed by atoms with Gasteiger partial charge in [-0.15, -0.1) is 0 Å². The van der Waals surface area contributed by atoms with Crippen LogP contribution in [0.3, 0.4) is 0 Å². The highest BCUT2D eigenvalue weighted by molar-refractivity contribution is 4.44. The van der Waals surface area contributed by atoms with Crippen LogP contribution in [0, 0.1) is 0 Å². The number of alkyl halides is 1. The maximum atomic E-state index is 12.4. The first-order chi connectivity index (χ1) is 5.31. The Bertz CT molecular complexity index is 78.5. The Kier molecular flexibility index (Phi) is 7.84. The van der Waals surface area contributed by atoms with Crippen molar-refractivity contribution in [2.45, 2.75) is 32.0 Å². The molecule has 1 unspecified atom stereocenters. The van der Waals surface area contributed by atoms with Crippen LogP contribution in [0.1, 0.15) is 25.7 Å². The highest BCUT2D eigenvalue weighted by atomic mass is 19.1. The smallest absolute Gasteiger partial charge is 0.198 e. The highest BCUT2D eigenvalue weighted by Gasteiger charge is 2.01. The maximum absolute atomic E-state index is 12.4. The van der Waals surface area contributed by atoms with E-state index in [1.54, 1.807) is 7.11 Å². The lowest BCUT2D eigenvalue weighted by Crippen LogP contribution is -2.02. The molecule has 3 heteroatoms. The zero-order chi connectivity index (χ0) is 8.53. The number of unbranched alkanes of at least 4 members (excludes halogenated alkanes) is 2. The summed E-state index contributed by atoms with van der Waals surface area (Å²) in [5, 5.41) is 0. The largest absolute Gasteiger partial charge is 0.385 e. The molecule has 0 rings (SSSR count). The van der Waals surface area contributed by atoms with Crippen molar-refractivity contribution in [3.63, 3.8) is 0 Å². The summed E-state index contributed by atoms with van der Waals surface area (Å²) in [6.45, 7) is 0.768. The van der Waals surface area contributed by atoms with Crippen LogP contribution >= 0.6 is 0 Å². The fourth-order valence-electron chi connectivity index (χ4n) is 0.846. The Labute approximate surface area is 67.7 Å². The van der Waals surface area contributed by atoms with Crippen LogP contribution in [0.5, 0.6) is 0 Å². The van der Waals surface area contributed by atoms with Gasteiger partial charge in [0.05, 0.1) is 0 Å². The van der Waals surface area contributed by atoms with Crippen molar-refractivity contribution < 1.29 is 13.9 Å². The van der Waals surface area contributed by atoms with E-state index in [1.165, 1.54) is 7.11 Å². The van der Waals surface area contributed by atoms with Gasteiger partial charge < -0.3 is 9.47 Å². The number of hydrogen-bond donors (Lipinski definition) is 0. The third-order valence-electron chi connectivity index (χ3n) is 1.54. The second kappa shape index (κ2) is 7.95. The standard InChI is InChI=1S/C8H17FO2/c1-10-7-5-3-4-6-8(9)11-2/h8H,3-7H2,1-2H3. The van der Waals surface area contributed by atoms with E-state index < -0.39 is 6.36 Å². The Morgan fingerprint density at radius 2 is 1.91 bits per heavy atom. The molecule has 2 nitrogen and oxygen atoms in total. The number of ether oxygens (including phenoxy) is 2. The average molecular weight is 164 g/mol. The van der Waals surface area contributed by atoms with E-state index in [1.807, 2.05) is 0 Å². The molecule has 0 heterocycles. The van der Waals surface area contributed by atoms with E-state index in [-0.39, 0.29) is 0 Å². The van der Waals surface area contributed by atoms with Crippen molar-refractivity contribution in [2.75, 3.05) is 20.8 Å². The second-order valence-electron chi connectivity index (χ2n) is 2.49. The van der Waals surface area contributed by atoms with Gasteiger partial charge in [-0.05, 0) is 12.8 Å². The predicted octanol–water partition coefficient (Wildman–Crippen LogP) is 2.14. The summed E-state index contributed by atoms with van der Waals surface area (Å²) in [7, 11) is 3.06. The van der Waals surface area contributed by atoms with Crippen molar-refractivity contribution in [1.29, 1.82) is 0 Å². The molecule has 0 aromatic heterocycles. The summed E-state index contributed by atoms with van der Waals surface area (Å²) in [4.78, 5) is 0. The van der Waals surface area contributed by atoms with E-state index in [4.69, 9.17) is 4.74 Å². The van der Waals surface area contributed by atoms with Crippen LogP contribution < -0.4 is 0 Å². The quantitative estimate of drug-likeness (QED) is 0.537. The Hall–Kier alpha value is -0.150. The topological polar surface area (TPSA) is 18.5 Å².